The normalized spacial score (nSPS) is 18.8. The third-order valence-electron chi connectivity index (χ3n) is 2.85. The Balaban J connectivity index is 2.28. The van der Waals surface area contributed by atoms with Gasteiger partial charge in [-0.25, -0.2) is 0 Å². The molecule has 0 heterocycles. The Morgan fingerprint density at radius 1 is 1.44 bits per heavy atom. The molecule has 1 N–H and O–H groups in total. The molecule has 1 unspecified atom stereocenters. The number of nitrogens with one attached hydrogen (secondary N) is 1. The van der Waals surface area contributed by atoms with Crippen molar-refractivity contribution in [1.82, 2.24) is 5.32 Å². The van der Waals surface area contributed by atoms with Gasteiger partial charge in [0.2, 0.25) is 0 Å². The molecule has 1 saturated carbocycles. The Morgan fingerprint density at radius 3 is 2.62 bits per heavy atom. The van der Waals surface area contributed by atoms with E-state index in [9.17, 15) is 5.26 Å². The maximum atomic E-state index is 9.51. The molecule has 1 atom stereocenters. The second kappa shape index (κ2) is 4.90. The van der Waals surface area contributed by atoms with Gasteiger partial charge in [-0.3, -0.25) is 5.32 Å². The molecule has 2 nitrogen and oxygen atoms in total. The van der Waals surface area contributed by atoms with Gasteiger partial charge in [0.25, 0.3) is 0 Å². The third-order valence-corrected chi connectivity index (χ3v) is 3.57. The molecule has 3 heteroatoms. The maximum Gasteiger partial charge on any atom is 0.141 e. The minimum Gasteiger partial charge on any atom is -0.292 e. The van der Waals surface area contributed by atoms with E-state index in [4.69, 9.17) is 0 Å². The summed E-state index contributed by atoms with van der Waals surface area (Å²) < 4.78 is 0. The summed E-state index contributed by atoms with van der Waals surface area (Å²) in [5.41, 5.74) is 0.570. The molecule has 0 radical (unpaired) electrons. The van der Waals surface area contributed by atoms with Crippen molar-refractivity contribution in [3.8, 4) is 6.07 Å². The molecule has 0 bridgehead atoms. The van der Waals surface area contributed by atoms with Crippen LogP contribution in [0.5, 0.6) is 0 Å². The van der Waals surface area contributed by atoms with Gasteiger partial charge in [-0.15, -0.1) is 0 Å². The highest BCUT2D eigenvalue weighted by Crippen LogP contribution is 2.30. The van der Waals surface area contributed by atoms with Crippen molar-refractivity contribution >= 4 is 11.8 Å². The van der Waals surface area contributed by atoms with Crippen LogP contribution in [0.4, 0.5) is 0 Å². The third kappa shape index (κ3) is 2.40. The van der Waals surface area contributed by atoms with Crippen LogP contribution < -0.4 is 5.32 Å². The molecule has 2 rings (SSSR count). The predicted octanol–water partition coefficient (Wildman–Crippen LogP) is 2.52. The molecule has 1 fully saturated rings. The number of hydrogen-bond donors (Lipinski definition) is 1. The first-order chi connectivity index (χ1) is 7.80. The number of rotatable bonds is 5. The first-order valence-corrected chi connectivity index (χ1v) is 6.93. The molecule has 0 amide bonds. The van der Waals surface area contributed by atoms with E-state index >= 15 is 0 Å². The summed E-state index contributed by atoms with van der Waals surface area (Å²) in [5, 5.41) is 13.0. The molecule has 0 spiro atoms. The summed E-state index contributed by atoms with van der Waals surface area (Å²) in [4.78, 5) is 0. The number of benzene rings is 1. The fourth-order valence-corrected chi connectivity index (χ4v) is 2.60. The topological polar surface area (TPSA) is 35.8 Å². The van der Waals surface area contributed by atoms with Gasteiger partial charge in [0, 0.05) is 11.8 Å². The summed E-state index contributed by atoms with van der Waals surface area (Å²) in [6.07, 6.45) is 4.44. The minimum absolute atomic E-state index is 0.512. The van der Waals surface area contributed by atoms with Crippen LogP contribution in [-0.4, -0.2) is 18.1 Å². The van der Waals surface area contributed by atoms with Gasteiger partial charge >= 0.3 is 0 Å². The highest BCUT2D eigenvalue weighted by atomic mass is 32.2. The van der Waals surface area contributed by atoms with Crippen molar-refractivity contribution in [3.63, 3.8) is 0 Å². The fourth-order valence-electron chi connectivity index (χ4n) is 1.85. The first kappa shape index (κ1) is 11.5. The van der Waals surface area contributed by atoms with Crippen molar-refractivity contribution < 1.29 is 0 Å². The van der Waals surface area contributed by atoms with Gasteiger partial charge in [-0.05, 0) is 24.7 Å². The summed E-state index contributed by atoms with van der Waals surface area (Å²) >= 11 is 1.71. The molecular formula is C13H16N2S. The molecule has 0 saturated heterocycles. The van der Waals surface area contributed by atoms with Crippen LogP contribution in [0.25, 0.3) is 0 Å². The van der Waals surface area contributed by atoms with E-state index in [1.165, 1.54) is 12.8 Å². The number of hydrogen-bond acceptors (Lipinski definition) is 3. The van der Waals surface area contributed by atoms with E-state index in [0.29, 0.717) is 6.04 Å². The van der Waals surface area contributed by atoms with Crippen LogP contribution in [0.1, 0.15) is 18.4 Å². The van der Waals surface area contributed by atoms with Crippen LogP contribution in [0.2, 0.25) is 0 Å². The van der Waals surface area contributed by atoms with Crippen LogP contribution in [0, 0.1) is 11.3 Å². The van der Waals surface area contributed by atoms with Gasteiger partial charge in [0.1, 0.15) is 5.54 Å². The average Bonchev–Trinajstić information content (AvgIpc) is 3.13. The van der Waals surface area contributed by atoms with Gasteiger partial charge in [0.05, 0.1) is 6.07 Å². The Labute approximate surface area is 101 Å². The maximum absolute atomic E-state index is 9.51. The highest BCUT2D eigenvalue weighted by Gasteiger charge is 2.37. The Bertz CT molecular complexity index is 381. The monoisotopic (exact) mass is 232 g/mol. The zero-order chi connectivity index (χ0) is 11.4. The molecule has 1 aromatic carbocycles. The summed E-state index contributed by atoms with van der Waals surface area (Å²) in [6.45, 7) is 0. The van der Waals surface area contributed by atoms with Crippen LogP contribution in [0.15, 0.2) is 30.3 Å². The van der Waals surface area contributed by atoms with Crippen molar-refractivity contribution in [2.75, 3.05) is 12.0 Å². The predicted molar refractivity (Wildman–Crippen MR) is 68.3 cm³/mol. The second-order valence-electron chi connectivity index (χ2n) is 4.23. The Kier molecular flexibility index (Phi) is 3.52. The van der Waals surface area contributed by atoms with Crippen molar-refractivity contribution in [3.05, 3.63) is 35.9 Å². The van der Waals surface area contributed by atoms with E-state index < -0.39 is 5.54 Å². The molecule has 16 heavy (non-hydrogen) atoms. The molecule has 1 aliphatic carbocycles. The molecule has 1 aromatic rings. The lowest BCUT2D eigenvalue weighted by Crippen LogP contribution is -2.44. The minimum atomic E-state index is -0.512. The smallest absolute Gasteiger partial charge is 0.141 e. The lowest BCUT2D eigenvalue weighted by atomic mass is 9.93. The summed E-state index contributed by atoms with van der Waals surface area (Å²) in [6, 6.07) is 13.1. The molecular weight excluding hydrogens is 216 g/mol. The molecule has 84 valence electrons. The second-order valence-corrected chi connectivity index (χ2v) is 5.10. The van der Waals surface area contributed by atoms with E-state index in [1.54, 1.807) is 11.8 Å². The summed E-state index contributed by atoms with van der Waals surface area (Å²) in [7, 11) is 0. The largest absolute Gasteiger partial charge is 0.292 e. The van der Waals surface area contributed by atoms with Gasteiger partial charge < -0.3 is 0 Å². The van der Waals surface area contributed by atoms with E-state index in [0.717, 1.165) is 11.3 Å². The van der Waals surface area contributed by atoms with Crippen LogP contribution in [-0.2, 0) is 5.54 Å². The van der Waals surface area contributed by atoms with Gasteiger partial charge in [0.15, 0.2) is 0 Å². The number of nitrogens with zero attached hydrogens (tertiary/aromatic N) is 1. The quantitative estimate of drug-likeness (QED) is 0.847. The standard InChI is InChI=1S/C13H16N2S/c1-16-10-13(9-14,15-12-7-8-12)11-5-3-2-4-6-11/h2-6,12,15H,7-8,10H2,1H3. The van der Waals surface area contributed by atoms with Crippen molar-refractivity contribution in [2.45, 2.75) is 24.4 Å². The van der Waals surface area contributed by atoms with E-state index in [1.807, 2.05) is 36.6 Å². The van der Waals surface area contributed by atoms with Crippen LogP contribution in [0.3, 0.4) is 0 Å². The average molecular weight is 232 g/mol. The lowest BCUT2D eigenvalue weighted by Gasteiger charge is -2.27. The molecule has 0 aliphatic heterocycles. The van der Waals surface area contributed by atoms with Crippen LogP contribution >= 0.6 is 11.8 Å². The highest BCUT2D eigenvalue weighted by molar-refractivity contribution is 7.98. The first-order valence-electron chi connectivity index (χ1n) is 5.54. The zero-order valence-electron chi connectivity index (χ0n) is 9.44. The zero-order valence-corrected chi connectivity index (χ0v) is 10.3. The molecule has 0 aromatic heterocycles. The van der Waals surface area contributed by atoms with Gasteiger partial charge in [-0.2, -0.15) is 17.0 Å². The number of nitriles is 1. The lowest BCUT2D eigenvalue weighted by molar-refractivity contribution is 0.470. The summed E-state index contributed by atoms with van der Waals surface area (Å²) in [5.74, 6) is 0.796. The number of thioether (sulfide) groups is 1. The molecule has 1 aliphatic rings. The van der Waals surface area contributed by atoms with Crippen molar-refractivity contribution in [2.24, 2.45) is 0 Å². The SMILES string of the molecule is CSCC(C#N)(NC1CC1)c1ccccc1. The van der Waals surface area contributed by atoms with Crippen molar-refractivity contribution in [1.29, 1.82) is 5.26 Å². The Hall–Kier alpha value is -0.980. The van der Waals surface area contributed by atoms with Gasteiger partial charge in [-0.1, -0.05) is 30.3 Å². The fraction of sp³-hybridized carbons (Fsp3) is 0.462. The van der Waals surface area contributed by atoms with E-state index in [2.05, 4.69) is 11.4 Å². The van der Waals surface area contributed by atoms with E-state index in [-0.39, 0.29) is 0 Å². The Morgan fingerprint density at radius 2 is 2.12 bits per heavy atom.